The minimum absolute atomic E-state index is 0.272. The fourth-order valence-electron chi connectivity index (χ4n) is 1.77. The summed E-state index contributed by atoms with van der Waals surface area (Å²) in [6, 6.07) is 3.49. The van der Waals surface area contributed by atoms with Crippen molar-refractivity contribution in [2.45, 2.75) is 0 Å². The van der Waals surface area contributed by atoms with Crippen LogP contribution in [0.15, 0.2) is 22.8 Å². The maximum Gasteiger partial charge on any atom is 0.242 e. The molecule has 0 spiro atoms. The van der Waals surface area contributed by atoms with Gasteiger partial charge < -0.3 is 14.9 Å². The molecule has 7 nitrogen and oxygen atoms in total. The number of furan rings is 1. The fraction of sp³-hybridized carbons (Fsp3) is 0.100. The quantitative estimate of drug-likeness (QED) is 0.631. The number of nitrogens with two attached hydrogens (primary N) is 3. The van der Waals surface area contributed by atoms with E-state index in [0.717, 1.165) is 10.1 Å². The Morgan fingerprint density at radius 3 is 3.00 bits per heavy atom. The van der Waals surface area contributed by atoms with Crippen molar-refractivity contribution in [3.05, 3.63) is 18.4 Å². The molecule has 0 amide bonds. The lowest BCUT2D eigenvalue weighted by molar-refractivity contribution is 0.379. The average molecular weight is 298 g/mol. The molecule has 0 fully saturated rings. The molecule has 1 aromatic carbocycles. The van der Waals surface area contributed by atoms with Crippen molar-refractivity contribution in [1.82, 2.24) is 4.98 Å². The summed E-state index contributed by atoms with van der Waals surface area (Å²) in [4.78, 5) is 4.20. The molecular weight excluding hydrogens is 287 g/mol. The lowest BCUT2D eigenvalue weighted by Crippen LogP contribution is -2.12. The number of anilines is 1. The average Bonchev–Trinajstić information content (AvgIpc) is 2.88. The highest BCUT2D eigenvalue weighted by Gasteiger charge is 2.17. The molecule has 0 aliphatic rings. The Labute approximate surface area is 111 Å². The van der Waals surface area contributed by atoms with Crippen LogP contribution in [0.25, 0.3) is 21.2 Å². The van der Waals surface area contributed by atoms with Crippen LogP contribution in [0.3, 0.4) is 0 Å². The Morgan fingerprint density at radius 1 is 1.47 bits per heavy atom. The molecule has 0 unspecified atom stereocenters. The number of nitrogens with zero attached hydrogens (tertiary/aromatic N) is 1. The van der Waals surface area contributed by atoms with E-state index in [2.05, 4.69) is 4.98 Å². The van der Waals surface area contributed by atoms with Crippen molar-refractivity contribution < 1.29 is 13.7 Å². The van der Waals surface area contributed by atoms with E-state index in [0.29, 0.717) is 22.0 Å². The number of fused-ring (bicyclic) bond motifs is 3. The smallest absolute Gasteiger partial charge is 0.242 e. The molecule has 3 rings (SSSR count). The summed E-state index contributed by atoms with van der Waals surface area (Å²) >= 11 is 1.33. The first-order valence-electron chi connectivity index (χ1n) is 5.29. The summed E-state index contributed by atoms with van der Waals surface area (Å²) in [6.45, 7) is 0. The van der Waals surface area contributed by atoms with Gasteiger partial charge in [-0.3, -0.25) is 15.6 Å². The van der Waals surface area contributed by atoms with Crippen LogP contribution in [0.5, 0.6) is 5.75 Å². The molecule has 0 saturated carbocycles. The third-order valence-corrected chi connectivity index (χ3v) is 3.95. The Morgan fingerprint density at radius 2 is 2.26 bits per heavy atom. The van der Waals surface area contributed by atoms with Crippen LogP contribution in [-0.2, 0) is 4.57 Å². The lowest BCUT2D eigenvalue weighted by atomic mass is 10.2. The number of nitrogen functional groups attached to an aromatic ring is 1. The van der Waals surface area contributed by atoms with Gasteiger partial charge in [-0.25, -0.2) is 4.98 Å². The van der Waals surface area contributed by atoms with Crippen molar-refractivity contribution in [3.8, 4) is 5.75 Å². The highest BCUT2D eigenvalue weighted by atomic mass is 32.1. The van der Waals surface area contributed by atoms with Gasteiger partial charge in [0.25, 0.3) is 0 Å². The molecular formula is C10H11N4O3PS. The van der Waals surface area contributed by atoms with Crippen LogP contribution in [0, 0.1) is 0 Å². The molecule has 19 heavy (non-hydrogen) atoms. The van der Waals surface area contributed by atoms with Crippen LogP contribution in [0.2, 0.25) is 0 Å². The van der Waals surface area contributed by atoms with Gasteiger partial charge in [0.1, 0.15) is 11.1 Å². The second-order valence-electron chi connectivity index (χ2n) is 4.06. The van der Waals surface area contributed by atoms with Gasteiger partial charge in [0.15, 0.2) is 17.2 Å². The van der Waals surface area contributed by atoms with Crippen LogP contribution in [0.4, 0.5) is 5.13 Å². The second kappa shape index (κ2) is 4.21. The molecule has 0 bridgehead atoms. The van der Waals surface area contributed by atoms with E-state index in [1.165, 1.54) is 11.3 Å². The molecule has 6 N–H and O–H groups in total. The summed E-state index contributed by atoms with van der Waals surface area (Å²) in [7, 11) is -3.26. The topological polar surface area (TPSA) is 130 Å². The third-order valence-electron chi connectivity index (χ3n) is 2.50. The molecule has 2 heterocycles. The SMILES string of the molecule is Nc1nc2c(OCP(N)(N)=O)cc3occc3c2s1. The zero-order chi connectivity index (χ0) is 13.6. The van der Waals surface area contributed by atoms with Crippen LogP contribution in [-0.4, -0.2) is 11.3 Å². The molecule has 0 radical (unpaired) electrons. The largest absolute Gasteiger partial charge is 0.481 e. The van der Waals surface area contributed by atoms with Gasteiger partial charge in [-0.2, -0.15) is 0 Å². The van der Waals surface area contributed by atoms with Crippen LogP contribution < -0.4 is 21.5 Å². The van der Waals surface area contributed by atoms with Gasteiger partial charge >= 0.3 is 0 Å². The van der Waals surface area contributed by atoms with Gasteiger partial charge in [0, 0.05) is 11.5 Å². The minimum atomic E-state index is -3.26. The Balaban J connectivity index is 2.17. The number of benzene rings is 1. The molecule has 0 aliphatic heterocycles. The zero-order valence-corrected chi connectivity index (χ0v) is 11.4. The van der Waals surface area contributed by atoms with Crippen molar-refractivity contribution in [2.75, 3.05) is 12.1 Å². The molecule has 3 aromatic rings. The normalized spacial score (nSPS) is 12.3. The van der Waals surface area contributed by atoms with E-state index in [9.17, 15) is 4.57 Å². The molecule has 0 saturated heterocycles. The summed E-state index contributed by atoms with van der Waals surface area (Å²) in [5.41, 5.74) is 17.5. The maximum absolute atomic E-state index is 11.3. The van der Waals surface area contributed by atoms with Crippen LogP contribution in [0.1, 0.15) is 0 Å². The molecule has 100 valence electrons. The van der Waals surface area contributed by atoms with Crippen molar-refractivity contribution in [3.63, 3.8) is 0 Å². The van der Waals surface area contributed by atoms with Gasteiger partial charge in [-0.15, -0.1) is 0 Å². The first-order chi connectivity index (χ1) is 8.94. The third kappa shape index (κ3) is 2.31. The standard InChI is InChI=1S/C10H11N4O3PS/c11-10-14-8-7(17-4-18(12,13)15)3-6-5(1-2-16-6)9(8)19-10/h1-3H,4H2,(H2,11,14)(H4,12,13,15). The Bertz CT molecular complexity index is 806. The van der Waals surface area contributed by atoms with E-state index in [4.69, 9.17) is 25.9 Å². The maximum atomic E-state index is 11.3. The highest BCUT2D eigenvalue weighted by molar-refractivity contribution is 7.58. The van der Waals surface area contributed by atoms with Gasteiger partial charge in [-0.1, -0.05) is 11.3 Å². The predicted octanol–water partition coefficient (Wildman–Crippen LogP) is 2.07. The Hall–Kier alpha value is -1.60. The molecule has 0 aliphatic carbocycles. The number of hydrogen-bond donors (Lipinski definition) is 3. The summed E-state index contributed by atoms with van der Waals surface area (Å²) in [6.07, 6.45) is 1.30. The first-order valence-corrected chi connectivity index (χ1v) is 8.14. The number of aromatic nitrogens is 1. The molecule has 0 atom stereocenters. The minimum Gasteiger partial charge on any atom is -0.481 e. The number of rotatable bonds is 3. The monoisotopic (exact) mass is 298 g/mol. The molecule has 9 heteroatoms. The predicted molar refractivity (Wildman–Crippen MR) is 75.3 cm³/mol. The lowest BCUT2D eigenvalue weighted by Gasteiger charge is -2.09. The summed E-state index contributed by atoms with van der Waals surface area (Å²) < 4.78 is 22.9. The van der Waals surface area contributed by atoms with E-state index in [-0.39, 0.29) is 6.35 Å². The van der Waals surface area contributed by atoms with E-state index in [1.807, 2.05) is 6.07 Å². The number of thiazole rings is 1. The zero-order valence-electron chi connectivity index (χ0n) is 9.70. The number of ether oxygens (including phenoxy) is 1. The van der Waals surface area contributed by atoms with Crippen molar-refractivity contribution in [1.29, 1.82) is 0 Å². The van der Waals surface area contributed by atoms with Gasteiger partial charge in [0.2, 0.25) is 7.44 Å². The first kappa shape index (κ1) is 12.4. The van der Waals surface area contributed by atoms with E-state index in [1.54, 1.807) is 12.3 Å². The van der Waals surface area contributed by atoms with Crippen molar-refractivity contribution >= 4 is 45.1 Å². The summed E-state index contributed by atoms with van der Waals surface area (Å²) in [5.74, 6) is 0.404. The summed E-state index contributed by atoms with van der Waals surface area (Å²) in [5, 5.41) is 1.32. The Kier molecular flexibility index (Phi) is 2.75. The second-order valence-corrected chi connectivity index (χ2v) is 7.06. The molecule has 2 aromatic heterocycles. The fourth-order valence-corrected chi connectivity index (χ4v) is 2.98. The highest BCUT2D eigenvalue weighted by Crippen LogP contribution is 2.39. The number of hydrogen-bond acceptors (Lipinski definition) is 6. The van der Waals surface area contributed by atoms with Gasteiger partial charge in [-0.05, 0) is 6.07 Å². The van der Waals surface area contributed by atoms with E-state index < -0.39 is 7.44 Å². The van der Waals surface area contributed by atoms with Gasteiger partial charge in [0.05, 0.1) is 11.0 Å². The van der Waals surface area contributed by atoms with Crippen LogP contribution >= 0.6 is 18.8 Å². The van der Waals surface area contributed by atoms with Crippen molar-refractivity contribution in [2.24, 2.45) is 11.0 Å². The van der Waals surface area contributed by atoms with E-state index >= 15 is 0 Å².